The van der Waals surface area contributed by atoms with Crippen molar-refractivity contribution in [1.82, 2.24) is 4.98 Å². The minimum absolute atomic E-state index is 0.124. The second-order valence-corrected chi connectivity index (χ2v) is 10.5. The maximum absolute atomic E-state index is 14.2. The lowest BCUT2D eigenvalue weighted by molar-refractivity contribution is 0.248. The van der Waals surface area contributed by atoms with Gasteiger partial charge in [-0.25, -0.2) is 14.2 Å². The molecule has 0 bridgehead atoms. The number of nitrogens with two attached hydrogens (primary N) is 1. The molecule has 6 nitrogen and oxygen atoms in total. The quantitative estimate of drug-likeness (QED) is 0.343. The van der Waals surface area contributed by atoms with Crippen LogP contribution in [0.25, 0.3) is 21.2 Å². The molecule has 0 unspecified atom stereocenters. The Bertz CT molecular complexity index is 1410. The first-order valence-electron chi connectivity index (χ1n) is 10.2. The van der Waals surface area contributed by atoms with E-state index in [-0.39, 0.29) is 11.8 Å². The zero-order chi connectivity index (χ0) is 23.1. The van der Waals surface area contributed by atoms with Crippen LogP contribution in [0.3, 0.4) is 0 Å². The van der Waals surface area contributed by atoms with Crippen LogP contribution in [0.5, 0.6) is 0 Å². The Hall–Kier alpha value is -2.97. The van der Waals surface area contributed by atoms with E-state index in [0.29, 0.717) is 28.5 Å². The Kier molecular flexibility index (Phi) is 5.80. The number of rotatable bonds is 4. The molecule has 0 aliphatic carbocycles. The summed E-state index contributed by atoms with van der Waals surface area (Å²) in [5.41, 5.74) is 3.16. The summed E-state index contributed by atoms with van der Waals surface area (Å²) >= 11 is 3.91. The van der Waals surface area contributed by atoms with Crippen LogP contribution in [0.4, 0.5) is 20.0 Å². The molecular formula is C23H18FN5OS3. The van der Waals surface area contributed by atoms with Crippen LogP contribution >= 0.6 is 34.6 Å². The third-order valence-corrected chi connectivity index (χ3v) is 8.60. The van der Waals surface area contributed by atoms with Gasteiger partial charge in [0.15, 0.2) is 5.13 Å². The molecule has 166 valence electrons. The maximum Gasteiger partial charge on any atom is 0.330 e. The number of thiazole rings is 1. The summed E-state index contributed by atoms with van der Waals surface area (Å²) in [7, 11) is 0. The fraction of sp³-hybridized carbons (Fsp3) is 0.174. The van der Waals surface area contributed by atoms with E-state index in [1.54, 1.807) is 15.9 Å². The van der Waals surface area contributed by atoms with Crippen LogP contribution in [-0.4, -0.2) is 24.1 Å². The monoisotopic (exact) mass is 495 g/mol. The van der Waals surface area contributed by atoms with Gasteiger partial charge in [-0.2, -0.15) is 5.26 Å². The number of hydrogen-bond acceptors (Lipinski definition) is 7. The molecule has 1 fully saturated rings. The SMILES string of the molecule is Cc1nc(N2CCCN(c3ccc(-c4cc(F)cc5cc(C#N)sc45)cc3)C2=O)sc1SN. The third kappa shape index (κ3) is 3.98. The van der Waals surface area contributed by atoms with Gasteiger partial charge >= 0.3 is 6.03 Å². The number of nitrogens with zero attached hydrogens (tertiary/aromatic N) is 4. The van der Waals surface area contributed by atoms with Crippen LogP contribution < -0.4 is 14.9 Å². The van der Waals surface area contributed by atoms with E-state index in [9.17, 15) is 14.4 Å². The number of urea groups is 1. The Balaban J connectivity index is 1.45. The summed E-state index contributed by atoms with van der Waals surface area (Å²) in [6.45, 7) is 3.10. The fourth-order valence-corrected chi connectivity index (χ4v) is 6.37. The molecule has 1 saturated heterocycles. The number of halogens is 1. The lowest BCUT2D eigenvalue weighted by Crippen LogP contribution is -2.49. The number of thiophene rings is 1. The number of amides is 2. The van der Waals surface area contributed by atoms with E-state index in [2.05, 4.69) is 11.1 Å². The van der Waals surface area contributed by atoms with Gasteiger partial charge in [-0.3, -0.25) is 14.9 Å². The summed E-state index contributed by atoms with van der Waals surface area (Å²) in [5, 5.41) is 16.3. The molecule has 0 spiro atoms. The first-order chi connectivity index (χ1) is 16.0. The van der Waals surface area contributed by atoms with Crippen molar-refractivity contribution in [3.8, 4) is 17.2 Å². The van der Waals surface area contributed by atoms with Crippen molar-refractivity contribution >= 4 is 61.6 Å². The molecule has 2 aromatic carbocycles. The number of carbonyl (C=O) groups is 1. The van der Waals surface area contributed by atoms with E-state index in [0.717, 1.165) is 49.8 Å². The normalized spacial score (nSPS) is 14.2. The number of aryl methyl sites for hydroxylation is 1. The van der Waals surface area contributed by atoms with Crippen molar-refractivity contribution in [3.05, 3.63) is 58.9 Å². The van der Waals surface area contributed by atoms with E-state index in [4.69, 9.17) is 5.14 Å². The van der Waals surface area contributed by atoms with Crippen molar-refractivity contribution < 1.29 is 9.18 Å². The van der Waals surface area contributed by atoms with Crippen LogP contribution in [0, 0.1) is 24.1 Å². The molecular weight excluding hydrogens is 477 g/mol. The summed E-state index contributed by atoms with van der Waals surface area (Å²) in [4.78, 5) is 21.7. The van der Waals surface area contributed by atoms with Crippen molar-refractivity contribution in [2.24, 2.45) is 5.14 Å². The van der Waals surface area contributed by atoms with E-state index in [1.807, 2.05) is 31.2 Å². The zero-order valence-corrected chi connectivity index (χ0v) is 20.0. The lowest BCUT2D eigenvalue weighted by Gasteiger charge is -2.34. The van der Waals surface area contributed by atoms with Crippen molar-refractivity contribution in [2.75, 3.05) is 22.9 Å². The number of carbonyl (C=O) groups excluding carboxylic acids is 1. The average molecular weight is 496 g/mol. The molecule has 0 radical (unpaired) electrons. The molecule has 2 aromatic heterocycles. The van der Waals surface area contributed by atoms with E-state index >= 15 is 0 Å². The van der Waals surface area contributed by atoms with E-state index < -0.39 is 0 Å². The Morgan fingerprint density at radius 1 is 1.15 bits per heavy atom. The first kappa shape index (κ1) is 21.9. The maximum atomic E-state index is 14.2. The Labute approximate surface area is 202 Å². The van der Waals surface area contributed by atoms with Gasteiger partial charge in [0.25, 0.3) is 0 Å². The predicted octanol–water partition coefficient (Wildman–Crippen LogP) is 6.15. The van der Waals surface area contributed by atoms with Gasteiger partial charge < -0.3 is 0 Å². The fourth-order valence-electron chi connectivity index (χ4n) is 3.94. The number of benzene rings is 2. The summed E-state index contributed by atoms with van der Waals surface area (Å²) in [6.07, 6.45) is 0.813. The van der Waals surface area contributed by atoms with Gasteiger partial charge in [0, 0.05) is 29.0 Å². The third-order valence-electron chi connectivity index (χ3n) is 5.49. The summed E-state index contributed by atoms with van der Waals surface area (Å²) in [6, 6.07) is 14.2. The molecule has 2 N–H and O–H groups in total. The highest BCUT2D eigenvalue weighted by Crippen LogP contribution is 2.37. The second-order valence-electron chi connectivity index (χ2n) is 7.57. The number of fused-ring (bicyclic) bond motifs is 1. The van der Waals surface area contributed by atoms with Crippen LogP contribution in [-0.2, 0) is 0 Å². The summed E-state index contributed by atoms with van der Waals surface area (Å²) in [5.74, 6) is -0.348. The molecule has 5 rings (SSSR count). The van der Waals surface area contributed by atoms with Crippen molar-refractivity contribution in [2.45, 2.75) is 17.6 Å². The van der Waals surface area contributed by atoms with Gasteiger partial charge in [-0.1, -0.05) is 23.5 Å². The minimum Gasteiger partial charge on any atom is -0.294 e. The highest BCUT2D eigenvalue weighted by atomic mass is 32.2. The molecule has 0 saturated carbocycles. The lowest BCUT2D eigenvalue weighted by atomic mass is 10.0. The zero-order valence-electron chi connectivity index (χ0n) is 17.5. The highest BCUT2D eigenvalue weighted by Gasteiger charge is 2.30. The molecule has 10 heteroatoms. The number of anilines is 2. The largest absolute Gasteiger partial charge is 0.330 e. The second kappa shape index (κ2) is 8.76. The van der Waals surface area contributed by atoms with Gasteiger partial charge in [0.2, 0.25) is 0 Å². The molecule has 3 heterocycles. The van der Waals surface area contributed by atoms with Gasteiger partial charge in [-0.15, -0.1) is 11.3 Å². The van der Waals surface area contributed by atoms with Gasteiger partial charge in [0.1, 0.15) is 16.8 Å². The smallest absolute Gasteiger partial charge is 0.294 e. The molecule has 4 aromatic rings. The molecule has 1 aliphatic heterocycles. The highest BCUT2D eigenvalue weighted by molar-refractivity contribution is 7.99. The molecule has 33 heavy (non-hydrogen) atoms. The topological polar surface area (TPSA) is 86.2 Å². The minimum atomic E-state index is -0.348. The number of hydrogen-bond donors (Lipinski definition) is 1. The van der Waals surface area contributed by atoms with Crippen molar-refractivity contribution in [3.63, 3.8) is 0 Å². The predicted molar refractivity (Wildman–Crippen MR) is 134 cm³/mol. The number of nitriles is 1. The van der Waals surface area contributed by atoms with Crippen molar-refractivity contribution in [1.29, 1.82) is 5.26 Å². The average Bonchev–Trinajstić information content (AvgIpc) is 3.41. The van der Waals surface area contributed by atoms with Crippen LogP contribution in [0.2, 0.25) is 0 Å². The molecule has 2 amide bonds. The summed E-state index contributed by atoms with van der Waals surface area (Å²) < 4.78 is 16.0. The molecule has 0 atom stereocenters. The van der Waals surface area contributed by atoms with Crippen LogP contribution in [0.1, 0.15) is 17.0 Å². The van der Waals surface area contributed by atoms with Crippen LogP contribution in [0.15, 0.2) is 46.7 Å². The molecule has 1 aliphatic rings. The van der Waals surface area contributed by atoms with Gasteiger partial charge in [-0.05, 0) is 66.6 Å². The Morgan fingerprint density at radius 3 is 2.61 bits per heavy atom. The Morgan fingerprint density at radius 2 is 1.91 bits per heavy atom. The van der Waals surface area contributed by atoms with E-state index in [1.165, 1.54) is 34.8 Å². The van der Waals surface area contributed by atoms with Gasteiger partial charge in [0.05, 0.1) is 9.90 Å². The first-order valence-corrected chi connectivity index (χ1v) is 12.7. The standard InChI is InChI=1S/C23H18FN5OS3/c1-13-21(33-26)32-22(27-13)29-8-2-7-28(23(29)30)17-5-3-14(4-6-17)19-11-16(24)9-15-10-18(12-25)31-20(15)19/h3-6,9-11H,2,7-8,26H2,1H3. The number of aromatic nitrogens is 1.